The van der Waals surface area contributed by atoms with Crippen molar-refractivity contribution >= 4 is 16.0 Å². The molecule has 0 aliphatic heterocycles. The van der Waals surface area contributed by atoms with Gasteiger partial charge in [-0.2, -0.15) is 4.72 Å². The van der Waals surface area contributed by atoms with Crippen molar-refractivity contribution in [2.24, 2.45) is 5.41 Å². The molecule has 1 atom stereocenters. The lowest BCUT2D eigenvalue weighted by Gasteiger charge is -2.27. The molecule has 0 fully saturated rings. The lowest BCUT2D eigenvalue weighted by Crippen LogP contribution is -2.53. The fourth-order valence-electron chi connectivity index (χ4n) is 1.65. The van der Waals surface area contributed by atoms with Gasteiger partial charge >= 0.3 is 5.97 Å². The van der Waals surface area contributed by atoms with Crippen molar-refractivity contribution in [2.75, 3.05) is 5.75 Å². The van der Waals surface area contributed by atoms with Crippen molar-refractivity contribution in [3.63, 3.8) is 0 Å². The highest BCUT2D eigenvalue weighted by molar-refractivity contribution is 7.89. The summed E-state index contributed by atoms with van der Waals surface area (Å²) in [6.45, 7) is 8.61. The Hall–Kier alpha value is -0.620. The van der Waals surface area contributed by atoms with Gasteiger partial charge in [-0.25, -0.2) is 8.42 Å². The number of aliphatic carboxylic acids is 1. The third-order valence-corrected chi connectivity index (χ3v) is 4.23. The van der Waals surface area contributed by atoms with E-state index in [0.29, 0.717) is 6.42 Å². The van der Waals surface area contributed by atoms with Crippen molar-refractivity contribution in [3.05, 3.63) is 0 Å². The normalized spacial score (nSPS) is 16.5. The van der Waals surface area contributed by atoms with Gasteiger partial charge in [-0.1, -0.05) is 34.1 Å². The van der Waals surface area contributed by atoms with E-state index in [2.05, 4.69) is 4.72 Å². The smallest absolute Gasteiger partial charge is 0.324 e. The first kappa shape index (κ1) is 16.4. The quantitative estimate of drug-likeness (QED) is 0.764. The first-order valence-electron chi connectivity index (χ1n) is 5.67. The van der Waals surface area contributed by atoms with Crippen LogP contribution in [0.1, 0.15) is 47.5 Å². The van der Waals surface area contributed by atoms with Gasteiger partial charge in [0.15, 0.2) is 0 Å². The van der Waals surface area contributed by atoms with Crippen LogP contribution in [0, 0.1) is 5.41 Å². The SMILES string of the molecule is CCCC(C)(NS(=O)(=O)CC(C)(C)C)C(=O)O. The molecule has 5 nitrogen and oxygen atoms in total. The van der Waals surface area contributed by atoms with Crippen molar-refractivity contribution in [1.82, 2.24) is 4.72 Å². The summed E-state index contributed by atoms with van der Waals surface area (Å²) in [6, 6.07) is 0. The van der Waals surface area contributed by atoms with E-state index < -0.39 is 26.9 Å². The molecule has 0 saturated carbocycles. The predicted molar refractivity (Wildman–Crippen MR) is 67.3 cm³/mol. The topological polar surface area (TPSA) is 83.5 Å². The molecular formula is C11H23NO4S. The standard InChI is InChI=1S/C11H23NO4S/c1-6-7-11(5,9(13)14)12-17(15,16)8-10(2,3)4/h12H,6-8H2,1-5H3,(H,13,14). The maximum atomic E-state index is 11.9. The summed E-state index contributed by atoms with van der Waals surface area (Å²) in [6.07, 6.45) is 0.868. The van der Waals surface area contributed by atoms with Gasteiger partial charge in [0.05, 0.1) is 5.75 Å². The molecule has 0 radical (unpaired) electrons. The molecule has 0 saturated heterocycles. The van der Waals surface area contributed by atoms with Gasteiger partial charge in [0.1, 0.15) is 5.54 Å². The molecule has 0 aliphatic rings. The summed E-state index contributed by atoms with van der Waals surface area (Å²) in [5, 5.41) is 9.10. The molecule has 0 aliphatic carbocycles. The monoisotopic (exact) mass is 265 g/mol. The van der Waals surface area contributed by atoms with Crippen molar-refractivity contribution < 1.29 is 18.3 Å². The van der Waals surface area contributed by atoms with Gasteiger partial charge < -0.3 is 5.11 Å². The summed E-state index contributed by atoms with van der Waals surface area (Å²) in [7, 11) is -3.60. The number of hydrogen-bond acceptors (Lipinski definition) is 3. The first-order valence-corrected chi connectivity index (χ1v) is 7.32. The van der Waals surface area contributed by atoms with Crippen LogP contribution in [0.3, 0.4) is 0 Å². The molecule has 102 valence electrons. The van der Waals surface area contributed by atoms with Crippen molar-refractivity contribution in [2.45, 2.75) is 53.0 Å². The molecule has 0 bridgehead atoms. The van der Waals surface area contributed by atoms with Gasteiger partial charge in [-0.3, -0.25) is 4.79 Å². The molecule has 0 aromatic rings. The molecule has 0 amide bonds. The zero-order valence-corrected chi connectivity index (χ0v) is 12.0. The zero-order valence-electron chi connectivity index (χ0n) is 11.2. The van der Waals surface area contributed by atoms with Crippen LogP contribution in [0.25, 0.3) is 0 Å². The molecule has 0 spiro atoms. The van der Waals surface area contributed by atoms with Crippen LogP contribution in [0.4, 0.5) is 0 Å². The van der Waals surface area contributed by atoms with E-state index in [1.54, 1.807) is 20.8 Å². The molecule has 17 heavy (non-hydrogen) atoms. The first-order chi connectivity index (χ1) is 7.42. The maximum absolute atomic E-state index is 11.9. The number of carboxylic acids is 1. The van der Waals surface area contributed by atoms with Crippen molar-refractivity contribution in [3.8, 4) is 0 Å². The van der Waals surface area contributed by atoms with E-state index in [1.165, 1.54) is 6.92 Å². The minimum Gasteiger partial charge on any atom is -0.480 e. The molecule has 0 rings (SSSR count). The van der Waals surface area contributed by atoms with Crippen LogP contribution in [-0.4, -0.2) is 30.8 Å². The van der Waals surface area contributed by atoms with E-state index in [0.717, 1.165) is 0 Å². The predicted octanol–water partition coefficient (Wildman–Crippen LogP) is 1.60. The second-order valence-corrected chi connectivity index (χ2v) is 7.53. The lowest BCUT2D eigenvalue weighted by atomic mass is 9.98. The van der Waals surface area contributed by atoms with Crippen molar-refractivity contribution in [1.29, 1.82) is 0 Å². The van der Waals surface area contributed by atoms with Crippen LogP contribution in [0.2, 0.25) is 0 Å². The Morgan fingerprint density at radius 2 is 1.71 bits per heavy atom. The molecule has 6 heteroatoms. The van der Waals surface area contributed by atoms with Crippen LogP contribution in [0.15, 0.2) is 0 Å². The zero-order chi connectivity index (χ0) is 13.9. The molecule has 0 heterocycles. The summed E-state index contributed by atoms with van der Waals surface area (Å²) < 4.78 is 26.0. The minimum absolute atomic E-state index is 0.0907. The van der Waals surface area contributed by atoms with Gasteiger partial charge in [-0.15, -0.1) is 0 Å². The minimum atomic E-state index is -3.60. The van der Waals surface area contributed by atoms with Gasteiger partial charge in [0.25, 0.3) is 0 Å². The summed E-state index contributed by atoms with van der Waals surface area (Å²) in [5.74, 6) is -1.23. The van der Waals surface area contributed by atoms with Crippen LogP contribution < -0.4 is 4.72 Å². The van der Waals surface area contributed by atoms with Crippen LogP contribution in [0.5, 0.6) is 0 Å². The Morgan fingerprint density at radius 3 is 2.00 bits per heavy atom. The highest BCUT2D eigenvalue weighted by Gasteiger charge is 2.37. The molecule has 1 unspecified atom stereocenters. The molecular weight excluding hydrogens is 242 g/mol. The van der Waals surface area contributed by atoms with E-state index in [1.807, 2.05) is 6.92 Å². The number of sulfonamides is 1. The Labute approximate surface area is 104 Å². The molecule has 0 aromatic heterocycles. The lowest BCUT2D eigenvalue weighted by molar-refractivity contribution is -0.143. The second kappa shape index (κ2) is 5.35. The average molecular weight is 265 g/mol. The van der Waals surface area contributed by atoms with E-state index >= 15 is 0 Å². The summed E-state index contributed by atoms with van der Waals surface area (Å²) in [4.78, 5) is 11.1. The number of rotatable bonds is 6. The third kappa shape index (κ3) is 6.02. The van der Waals surface area contributed by atoms with Gasteiger partial charge in [0, 0.05) is 0 Å². The average Bonchev–Trinajstić information content (AvgIpc) is 1.97. The number of carboxylic acid groups (broad SMARTS) is 1. The Kier molecular flexibility index (Phi) is 5.16. The Morgan fingerprint density at radius 1 is 1.24 bits per heavy atom. The van der Waals surface area contributed by atoms with E-state index in [9.17, 15) is 13.2 Å². The number of nitrogens with one attached hydrogen (secondary N) is 1. The molecule has 2 N–H and O–H groups in total. The second-order valence-electron chi connectivity index (χ2n) is 5.81. The van der Waals surface area contributed by atoms with Crippen LogP contribution in [-0.2, 0) is 14.8 Å². The maximum Gasteiger partial charge on any atom is 0.324 e. The fourth-order valence-corrected chi connectivity index (χ4v) is 3.74. The fraction of sp³-hybridized carbons (Fsp3) is 0.909. The van der Waals surface area contributed by atoms with Gasteiger partial charge in [0.2, 0.25) is 10.0 Å². The van der Waals surface area contributed by atoms with E-state index in [4.69, 9.17) is 5.11 Å². The molecule has 0 aromatic carbocycles. The largest absolute Gasteiger partial charge is 0.480 e. The number of hydrogen-bond donors (Lipinski definition) is 2. The Bertz CT molecular complexity index is 369. The third-order valence-electron chi connectivity index (χ3n) is 2.23. The van der Waals surface area contributed by atoms with Crippen LogP contribution >= 0.6 is 0 Å². The Balaban J connectivity index is 4.96. The summed E-state index contributed by atoms with van der Waals surface area (Å²) in [5.41, 5.74) is -1.82. The highest BCUT2D eigenvalue weighted by Crippen LogP contribution is 2.19. The van der Waals surface area contributed by atoms with Gasteiger partial charge in [-0.05, 0) is 18.8 Å². The highest BCUT2D eigenvalue weighted by atomic mass is 32.2. The number of carbonyl (C=O) groups is 1. The summed E-state index contributed by atoms with van der Waals surface area (Å²) >= 11 is 0. The van der Waals surface area contributed by atoms with E-state index in [-0.39, 0.29) is 12.2 Å².